The van der Waals surface area contributed by atoms with E-state index < -0.39 is 0 Å². The molecule has 1 amide bonds. The molecule has 21 heavy (non-hydrogen) atoms. The zero-order valence-corrected chi connectivity index (χ0v) is 12.1. The van der Waals surface area contributed by atoms with E-state index in [1.54, 1.807) is 13.8 Å². The summed E-state index contributed by atoms with van der Waals surface area (Å²) in [5, 5.41) is 6.70. The van der Waals surface area contributed by atoms with Gasteiger partial charge in [0.2, 0.25) is 0 Å². The highest BCUT2D eigenvalue weighted by Crippen LogP contribution is 2.17. The van der Waals surface area contributed by atoms with Crippen LogP contribution < -0.4 is 5.32 Å². The van der Waals surface area contributed by atoms with Crippen LogP contribution in [0.1, 0.15) is 40.6 Å². The molecule has 1 unspecified atom stereocenters. The van der Waals surface area contributed by atoms with Gasteiger partial charge in [0.05, 0.1) is 22.8 Å². The predicted octanol–water partition coefficient (Wildman–Crippen LogP) is 2.66. The van der Waals surface area contributed by atoms with Crippen LogP contribution in [0.25, 0.3) is 11.0 Å². The summed E-state index contributed by atoms with van der Waals surface area (Å²) >= 11 is 0. The van der Waals surface area contributed by atoms with Crippen molar-refractivity contribution in [3.63, 3.8) is 0 Å². The molecule has 0 saturated carbocycles. The molecule has 0 aliphatic carbocycles. The van der Waals surface area contributed by atoms with Gasteiger partial charge in [0.15, 0.2) is 0 Å². The van der Waals surface area contributed by atoms with Crippen LogP contribution in [0.15, 0.2) is 28.8 Å². The van der Waals surface area contributed by atoms with Crippen LogP contribution in [-0.2, 0) is 0 Å². The molecule has 0 fully saturated rings. The number of H-pyrrole nitrogens is 1. The summed E-state index contributed by atoms with van der Waals surface area (Å²) < 4.78 is 5.02. The number of carbonyl (C=O) groups excluding carboxylic acids is 1. The number of aryl methyl sites for hydroxylation is 2. The molecule has 108 valence electrons. The zero-order valence-electron chi connectivity index (χ0n) is 12.1. The lowest BCUT2D eigenvalue weighted by Crippen LogP contribution is -2.28. The standard InChI is InChI=1S/C15H16N4O2/c1-8-13(10(3)21-19-8)15(20)16-9(2)14-17-11-6-4-5-7-12(11)18-14/h4-7,9H,1-3H3,(H,16,20)(H,17,18). The smallest absolute Gasteiger partial charge is 0.257 e. The van der Waals surface area contributed by atoms with Crippen molar-refractivity contribution < 1.29 is 9.32 Å². The molecule has 2 N–H and O–H groups in total. The van der Waals surface area contributed by atoms with Gasteiger partial charge in [0, 0.05) is 0 Å². The Morgan fingerprint density at radius 3 is 2.76 bits per heavy atom. The minimum absolute atomic E-state index is 0.209. The maximum absolute atomic E-state index is 12.3. The molecule has 0 aliphatic heterocycles. The first-order valence-electron chi connectivity index (χ1n) is 6.74. The van der Waals surface area contributed by atoms with E-state index in [0.717, 1.165) is 16.9 Å². The number of hydrogen-bond donors (Lipinski definition) is 2. The summed E-state index contributed by atoms with van der Waals surface area (Å²) in [7, 11) is 0. The van der Waals surface area contributed by atoms with Crippen LogP contribution in [0.2, 0.25) is 0 Å². The molecular weight excluding hydrogens is 268 g/mol. The zero-order chi connectivity index (χ0) is 15.0. The van der Waals surface area contributed by atoms with Gasteiger partial charge in [-0.25, -0.2) is 4.98 Å². The third-order valence-electron chi connectivity index (χ3n) is 3.43. The van der Waals surface area contributed by atoms with E-state index in [-0.39, 0.29) is 11.9 Å². The van der Waals surface area contributed by atoms with Crippen molar-refractivity contribution in [2.75, 3.05) is 0 Å². The molecule has 3 aromatic rings. The van der Waals surface area contributed by atoms with E-state index in [9.17, 15) is 4.79 Å². The number of para-hydroxylation sites is 2. The molecule has 0 spiro atoms. The second-order valence-electron chi connectivity index (χ2n) is 5.03. The van der Waals surface area contributed by atoms with Gasteiger partial charge in [-0.05, 0) is 32.9 Å². The van der Waals surface area contributed by atoms with Crippen LogP contribution >= 0.6 is 0 Å². The largest absolute Gasteiger partial charge is 0.361 e. The SMILES string of the molecule is Cc1noc(C)c1C(=O)NC(C)c1nc2ccccc2[nH]1. The maximum atomic E-state index is 12.3. The number of amides is 1. The number of imidazole rings is 1. The molecule has 0 radical (unpaired) electrons. The van der Waals surface area contributed by atoms with Gasteiger partial charge in [-0.2, -0.15) is 0 Å². The molecule has 6 nitrogen and oxygen atoms in total. The normalized spacial score (nSPS) is 12.5. The second-order valence-corrected chi connectivity index (χ2v) is 5.03. The minimum Gasteiger partial charge on any atom is -0.361 e. The first-order valence-corrected chi connectivity index (χ1v) is 6.74. The third-order valence-corrected chi connectivity index (χ3v) is 3.43. The summed E-state index contributed by atoms with van der Waals surface area (Å²) in [6.07, 6.45) is 0. The van der Waals surface area contributed by atoms with E-state index in [4.69, 9.17) is 4.52 Å². The minimum atomic E-state index is -0.237. The summed E-state index contributed by atoms with van der Waals surface area (Å²) in [5.41, 5.74) is 2.90. The number of fused-ring (bicyclic) bond motifs is 1. The van der Waals surface area contributed by atoms with Gasteiger partial charge in [-0.1, -0.05) is 17.3 Å². The van der Waals surface area contributed by atoms with Gasteiger partial charge in [0.25, 0.3) is 5.91 Å². The lowest BCUT2D eigenvalue weighted by molar-refractivity contribution is 0.0936. The van der Waals surface area contributed by atoms with Crippen molar-refractivity contribution in [3.8, 4) is 0 Å². The number of nitrogens with zero attached hydrogens (tertiary/aromatic N) is 2. The van der Waals surface area contributed by atoms with Crippen LogP contribution in [0.5, 0.6) is 0 Å². The van der Waals surface area contributed by atoms with E-state index in [1.165, 1.54) is 0 Å². The number of hydrogen-bond acceptors (Lipinski definition) is 4. The van der Waals surface area contributed by atoms with Crippen molar-refractivity contribution >= 4 is 16.9 Å². The first-order chi connectivity index (χ1) is 10.1. The highest BCUT2D eigenvalue weighted by molar-refractivity contribution is 5.96. The molecule has 3 rings (SSSR count). The molecule has 0 saturated heterocycles. The van der Waals surface area contributed by atoms with E-state index in [0.29, 0.717) is 17.0 Å². The Labute approximate surface area is 121 Å². The molecule has 0 aliphatic rings. The van der Waals surface area contributed by atoms with Crippen molar-refractivity contribution in [3.05, 3.63) is 47.1 Å². The molecule has 1 aromatic carbocycles. The van der Waals surface area contributed by atoms with Gasteiger partial charge < -0.3 is 14.8 Å². The Morgan fingerprint density at radius 2 is 2.10 bits per heavy atom. The topological polar surface area (TPSA) is 83.8 Å². The fourth-order valence-electron chi connectivity index (χ4n) is 2.32. The molecule has 2 heterocycles. The third kappa shape index (κ3) is 2.40. The lowest BCUT2D eigenvalue weighted by atomic mass is 10.2. The number of rotatable bonds is 3. The number of aromatic amines is 1. The summed E-state index contributed by atoms with van der Waals surface area (Å²) in [6, 6.07) is 7.52. The number of aromatic nitrogens is 3. The molecule has 6 heteroatoms. The Morgan fingerprint density at radius 1 is 1.33 bits per heavy atom. The lowest BCUT2D eigenvalue weighted by Gasteiger charge is -2.11. The highest BCUT2D eigenvalue weighted by Gasteiger charge is 2.20. The van der Waals surface area contributed by atoms with E-state index >= 15 is 0 Å². The molecule has 1 atom stereocenters. The quantitative estimate of drug-likeness (QED) is 0.774. The number of benzene rings is 1. The summed E-state index contributed by atoms with van der Waals surface area (Å²) in [4.78, 5) is 20.0. The maximum Gasteiger partial charge on any atom is 0.257 e. The van der Waals surface area contributed by atoms with E-state index in [1.807, 2.05) is 31.2 Å². The fourth-order valence-corrected chi connectivity index (χ4v) is 2.32. The average molecular weight is 284 g/mol. The molecule has 0 bridgehead atoms. The van der Waals surface area contributed by atoms with Crippen molar-refractivity contribution in [1.29, 1.82) is 0 Å². The Balaban J connectivity index is 1.82. The van der Waals surface area contributed by atoms with Crippen LogP contribution in [0.4, 0.5) is 0 Å². The summed E-state index contributed by atoms with van der Waals surface area (Å²) in [6.45, 7) is 5.35. The van der Waals surface area contributed by atoms with Crippen molar-refractivity contribution in [2.24, 2.45) is 0 Å². The van der Waals surface area contributed by atoms with Crippen molar-refractivity contribution in [1.82, 2.24) is 20.4 Å². The van der Waals surface area contributed by atoms with Gasteiger partial charge in [0.1, 0.15) is 17.1 Å². The van der Waals surface area contributed by atoms with E-state index in [2.05, 4.69) is 20.4 Å². The van der Waals surface area contributed by atoms with Gasteiger partial charge >= 0.3 is 0 Å². The van der Waals surface area contributed by atoms with Crippen molar-refractivity contribution in [2.45, 2.75) is 26.8 Å². The van der Waals surface area contributed by atoms with Gasteiger partial charge in [-0.3, -0.25) is 4.79 Å². The monoisotopic (exact) mass is 284 g/mol. The number of carbonyl (C=O) groups is 1. The van der Waals surface area contributed by atoms with Crippen LogP contribution in [-0.4, -0.2) is 21.0 Å². The fraction of sp³-hybridized carbons (Fsp3) is 0.267. The van der Waals surface area contributed by atoms with Gasteiger partial charge in [-0.15, -0.1) is 0 Å². The first kappa shape index (κ1) is 13.4. The predicted molar refractivity (Wildman–Crippen MR) is 78.0 cm³/mol. The second kappa shape index (κ2) is 5.05. The summed E-state index contributed by atoms with van der Waals surface area (Å²) in [5.74, 6) is 1.03. The highest BCUT2D eigenvalue weighted by atomic mass is 16.5. The molecular formula is C15H16N4O2. The Bertz CT molecular complexity index is 750. The van der Waals surface area contributed by atoms with Crippen LogP contribution in [0.3, 0.4) is 0 Å². The number of nitrogens with one attached hydrogen (secondary N) is 2. The Hall–Kier alpha value is -2.63. The average Bonchev–Trinajstić information content (AvgIpc) is 3.02. The molecule has 2 aromatic heterocycles. The van der Waals surface area contributed by atoms with Crippen LogP contribution in [0, 0.1) is 13.8 Å². The Kier molecular flexibility index (Phi) is 3.21.